The fraction of sp³-hybridized carbons (Fsp3) is 0.837. The molecule has 282 valence electrons. The largest absolute Gasteiger partial charge is 0.394 e. The van der Waals surface area contributed by atoms with Gasteiger partial charge in [-0.1, -0.05) is 192 Å². The molecule has 0 aromatic rings. The van der Waals surface area contributed by atoms with E-state index in [0.717, 1.165) is 38.5 Å². The summed E-state index contributed by atoms with van der Waals surface area (Å²) in [6.07, 6.45) is 47.1. The van der Waals surface area contributed by atoms with Gasteiger partial charge in [0.1, 0.15) is 0 Å². The van der Waals surface area contributed by atoms with Crippen molar-refractivity contribution in [2.75, 3.05) is 6.61 Å². The van der Waals surface area contributed by atoms with Gasteiger partial charge in [0.15, 0.2) is 0 Å². The van der Waals surface area contributed by atoms with Gasteiger partial charge in [-0.2, -0.15) is 0 Å². The van der Waals surface area contributed by atoms with Crippen LogP contribution >= 0.6 is 0 Å². The van der Waals surface area contributed by atoms with E-state index in [1.807, 2.05) is 6.08 Å². The molecule has 4 N–H and O–H groups in total. The van der Waals surface area contributed by atoms with Crippen molar-refractivity contribution in [1.82, 2.24) is 5.32 Å². The van der Waals surface area contributed by atoms with Crippen LogP contribution in [0.25, 0.3) is 0 Å². The van der Waals surface area contributed by atoms with E-state index in [-0.39, 0.29) is 18.9 Å². The first-order chi connectivity index (χ1) is 23.5. The Morgan fingerprint density at radius 2 is 0.896 bits per heavy atom. The molecule has 5 nitrogen and oxygen atoms in total. The third-order valence-corrected chi connectivity index (χ3v) is 9.41. The minimum Gasteiger partial charge on any atom is -0.394 e. The second-order valence-corrected chi connectivity index (χ2v) is 14.2. The molecule has 3 atom stereocenters. The normalized spacial score (nSPS) is 14.0. The van der Waals surface area contributed by atoms with E-state index in [2.05, 4.69) is 43.5 Å². The molecule has 5 heteroatoms. The van der Waals surface area contributed by atoms with E-state index in [4.69, 9.17) is 0 Å². The summed E-state index contributed by atoms with van der Waals surface area (Å²) in [5, 5.41) is 33.1. The van der Waals surface area contributed by atoms with Gasteiger partial charge in [-0.05, 0) is 44.9 Å². The van der Waals surface area contributed by atoms with Crippen molar-refractivity contribution in [3.05, 3.63) is 36.5 Å². The van der Waals surface area contributed by atoms with Crippen LogP contribution in [-0.4, -0.2) is 46.1 Å². The first-order valence-electron chi connectivity index (χ1n) is 20.8. The highest BCUT2D eigenvalue weighted by Gasteiger charge is 2.20. The predicted octanol–water partition coefficient (Wildman–Crippen LogP) is 11.6. The summed E-state index contributed by atoms with van der Waals surface area (Å²) in [7, 11) is 0. The van der Waals surface area contributed by atoms with E-state index in [9.17, 15) is 20.1 Å². The summed E-state index contributed by atoms with van der Waals surface area (Å²) < 4.78 is 0. The average Bonchev–Trinajstić information content (AvgIpc) is 3.08. The maximum Gasteiger partial charge on any atom is 0.222 e. The van der Waals surface area contributed by atoms with Gasteiger partial charge in [-0.3, -0.25) is 4.79 Å². The van der Waals surface area contributed by atoms with Crippen LogP contribution in [0.4, 0.5) is 0 Å². The number of carbonyl (C=O) groups is 1. The molecule has 0 aromatic carbocycles. The molecule has 0 spiro atoms. The van der Waals surface area contributed by atoms with Crippen molar-refractivity contribution in [2.24, 2.45) is 0 Å². The van der Waals surface area contributed by atoms with Gasteiger partial charge < -0.3 is 20.6 Å². The smallest absolute Gasteiger partial charge is 0.222 e. The summed E-state index contributed by atoms with van der Waals surface area (Å²) in [5.41, 5.74) is 0. The topological polar surface area (TPSA) is 89.8 Å². The summed E-state index contributed by atoms with van der Waals surface area (Å²) in [6.45, 7) is 4.18. The molecule has 1 amide bonds. The molecule has 0 bridgehead atoms. The highest BCUT2D eigenvalue weighted by atomic mass is 16.3. The lowest BCUT2D eigenvalue weighted by Gasteiger charge is -2.21. The van der Waals surface area contributed by atoms with Gasteiger partial charge in [0.2, 0.25) is 5.91 Å². The Hall–Kier alpha value is -1.43. The number of carbonyl (C=O) groups excluding carboxylic acids is 1. The maximum atomic E-state index is 12.4. The van der Waals surface area contributed by atoms with E-state index >= 15 is 0 Å². The lowest BCUT2D eigenvalue weighted by Crippen LogP contribution is -2.45. The van der Waals surface area contributed by atoms with E-state index < -0.39 is 18.2 Å². The molecule has 0 saturated carbocycles. The number of aliphatic hydroxyl groups excluding tert-OH is 3. The van der Waals surface area contributed by atoms with Crippen LogP contribution < -0.4 is 5.32 Å². The van der Waals surface area contributed by atoms with E-state index in [1.54, 1.807) is 6.08 Å². The van der Waals surface area contributed by atoms with Crippen molar-refractivity contribution in [2.45, 2.75) is 225 Å². The highest BCUT2D eigenvalue weighted by Crippen LogP contribution is 2.15. The SMILES string of the molecule is CCCCCCCCCCCCCC/C=C/CC/C=C/CC/C=C/C(O)C(CO)NC(=O)CC(O)CCCCCCCCCCCCC. The minimum atomic E-state index is -0.957. The second-order valence-electron chi connectivity index (χ2n) is 14.2. The molecule has 0 aliphatic heterocycles. The van der Waals surface area contributed by atoms with Crippen molar-refractivity contribution in [3.63, 3.8) is 0 Å². The van der Waals surface area contributed by atoms with Crippen LogP contribution in [-0.2, 0) is 4.79 Å². The molecule has 48 heavy (non-hydrogen) atoms. The fourth-order valence-electron chi connectivity index (χ4n) is 6.19. The fourth-order valence-corrected chi connectivity index (χ4v) is 6.19. The molecule has 0 fully saturated rings. The molecular weight excluding hydrogens is 594 g/mol. The quantitative estimate of drug-likeness (QED) is 0.0390. The first kappa shape index (κ1) is 46.6. The van der Waals surface area contributed by atoms with E-state index in [0.29, 0.717) is 6.42 Å². The number of amides is 1. The van der Waals surface area contributed by atoms with Crippen LogP contribution in [0.3, 0.4) is 0 Å². The first-order valence-corrected chi connectivity index (χ1v) is 20.8. The molecule has 0 rings (SSSR count). The molecule has 0 aromatic heterocycles. The second kappa shape index (κ2) is 38.4. The van der Waals surface area contributed by atoms with Gasteiger partial charge in [-0.15, -0.1) is 0 Å². The minimum absolute atomic E-state index is 0.00405. The van der Waals surface area contributed by atoms with Gasteiger partial charge in [0.05, 0.1) is 31.3 Å². The van der Waals surface area contributed by atoms with Crippen molar-refractivity contribution in [1.29, 1.82) is 0 Å². The predicted molar refractivity (Wildman–Crippen MR) is 208 cm³/mol. The zero-order chi connectivity index (χ0) is 35.2. The number of hydrogen-bond donors (Lipinski definition) is 4. The molecule has 0 heterocycles. The lowest BCUT2D eigenvalue weighted by molar-refractivity contribution is -0.124. The molecular formula is C43H81NO4. The van der Waals surface area contributed by atoms with E-state index in [1.165, 1.54) is 141 Å². The monoisotopic (exact) mass is 676 g/mol. The number of rotatable bonds is 37. The Morgan fingerprint density at radius 1 is 0.521 bits per heavy atom. The number of aliphatic hydroxyl groups is 3. The van der Waals surface area contributed by atoms with Gasteiger partial charge >= 0.3 is 0 Å². The Labute approximate surface area is 298 Å². The van der Waals surface area contributed by atoms with Crippen LogP contribution in [0, 0.1) is 0 Å². The average molecular weight is 676 g/mol. The zero-order valence-electron chi connectivity index (χ0n) is 31.9. The number of unbranched alkanes of at least 4 members (excludes halogenated alkanes) is 24. The number of allylic oxidation sites excluding steroid dienone is 5. The van der Waals surface area contributed by atoms with Crippen LogP contribution in [0.5, 0.6) is 0 Å². The Kier molecular flexibility index (Phi) is 37.2. The van der Waals surface area contributed by atoms with Gasteiger partial charge in [0.25, 0.3) is 0 Å². The summed E-state index contributed by atoms with van der Waals surface area (Å²) in [5.74, 6) is -0.330. The van der Waals surface area contributed by atoms with Crippen LogP contribution in [0.1, 0.15) is 206 Å². The van der Waals surface area contributed by atoms with Crippen LogP contribution in [0.15, 0.2) is 36.5 Å². The van der Waals surface area contributed by atoms with Crippen LogP contribution in [0.2, 0.25) is 0 Å². The lowest BCUT2D eigenvalue weighted by atomic mass is 10.0. The van der Waals surface area contributed by atoms with Crippen molar-refractivity contribution >= 4 is 5.91 Å². The summed E-state index contributed by atoms with van der Waals surface area (Å²) in [6, 6.07) is -0.764. The van der Waals surface area contributed by atoms with Gasteiger partial charge in [-0.25, -0.2) is 0 Å². The van der Waals surface area contributed by atoms with Crippen molar-refractivity contribution in [3.8, 4) is 0 Å². The third kappa shape index (κ3) is 34.4. The molecule has 3 unspecified atom stereocenters. The molecule has 0 saturated heterocycles. The van der Waals surface area contributed by atoms with Gasteiger partial charge in [0, 0.05) is 0 Å². The Bertz CT molecular complexity index is 749. The molecule has 0 radical (unpaired) electrons. The number of hydrogen-bond acceptors (Lipinski definition) is 4. The summed E-state index contributed by atoms with van der Waals surface area (Å²) >= 11 is 0. The Balaban J connectivity index is 3.75. The van der Waals surface area contributed by atoms with Crippen molar-refractivity contribution < 1.29 is 20.1 Å². The summed E-state index contributed by atoms with van der Waals surface area (Å²) in [4.78, 5) is 12.4. The molecule has 0 aliphatic rings. The maximum absolute atomic E-state index is 12.4. The Morgan fingerprint density at radius 3 is 1.33 bits per heavy atom. The highest BCUT2D eigenvalue weighted by molar-refractivity contribution is 5.76. The standard InChI is InChI=1S/C43H81NO4/c1-3-5-7-9-11-13-15-16-17-18-19-20-21-22-23-24-25-27-29-31-33-35-37-42(47)41(39-45)44-43(48)38-40(46)36-34-32-30-28-26-14-12-10-8-6-4-2/h22-23,27,29,35,37,40-42,45-47H,3-21,24-26,28,30-34,36,38-39H2,1-2H3,(H,44,48)/b23-22+,29-27+,37-35+. The zero-order valence-corrected chi connectivity index (χ0v) is 31.9. The number of nitrogens with one attached hydrogen (secondary N) is 1. The third-order valence-electron chi connectivity index (χ3n) is 9.41. The molecule has 0 aliphatic carbocycles.